The maximum absolute atomic E-state index is 2.39. The molecule has 0 atom stereocenters. The van der Waals surface area contributed by atoms with Gasteiger partial charge in [-0.05, 0) is 18.8 Å². The van der Waals surface area contributed by atoms with E-state index in [1.165, 1.54) is 0 Å². The van der Waals surface area contributed by atoms with Gasteiger partial charge in [0, 0.05) is 20.2 Å². The normalized spacial score (nSPS) is 14.6. The lowest BCUT2D eigenvalue weighted by Crippen LogP contribution is -2.51. The molecular formula is C13H28S3. The molecule has 0 aliphatic heterocycles. The molecule has 0 aliphatic carbocycles. The van der Waals surface area contributed by atoms with Gasteiger partial charge in [-0.1, -0.05) is 41.5 Å². The minimum Gasteiger partial charge on any atom is -0.159 e. The Morgan fingerprint density at radius 3 is 0.875 bits per heavy atom. The molecular weight excluding hydrogens is 252 g/mol. The van der Waals surface area contributed by atoms with Crippen molar-refractivity contribution in [2.24, 2.45) is 5.92 Å². The molecule has 0 aromatic rings. The van der Waals surface area contributed by atoms with Crippen LogP contribution in [0, 0.1) is 5.92 Å². The van der Waals surface area contributed by atoms with Gasteiger partial charge in [-0.2, -0.15) is 35.3 Å². The van der Waals surface area contributed by atoms with Crippen LogP contribution in [0.25, 0.3) is 0 Å². The molecule has 0 heterocycles. The van der Waals surface area contributed by atoms with Crippen molar-refractivity contribution >= 4 is 35.3 Å². The third-order valence-corrected chi connectivity index (χ3v) is 7.53. The van der Waals surface area contributed by atoms with Crippen molar-refractivity contribution < 1.29 is 0 Å². The first-order valence-corrected chi connectivity index (χ1v) is 9.38. The highest BCUT2D eigenvalue weighted by Crippen LogP contribution is 2.52. The molecule has 0 spiro atoms. The minimum absolute atomic E-state index is 0.305. The SMILES string of the molecule is CSC(C)(C)C(C(C)(C)SC)C(C)(C)SC. The highest BCUT2D eigenvalue weighted by atomic mass is 32.2. The molecule has 0 N–H and O–H groups in total. The summed E-state index contributed by atoms with van der Waals surface area (Å²) in [5, 5.41) is 0. The fourth-order valence-corrected chi connectivity index (χ4v) is 5.56. The van der Waals surface area contributed by atoms with Gasteiger partial charge in [0.1, 0.15) is 0 Å². The zero-order chi connectivity index (χ0) is 13.2. The van der Waals surface area contributed by atoms with Crippen LogP contribution in [0.15, 0.2) is 0 Å². The molecule has 0 rings (SSSR count). The number of thioether (sulfide) groups is 3. The van der Waals surface area contributed by atoms with Crippen LogP contribution in [0.5, 0.6) is 0 Å². The molecule has 0 unspecified atom stereocenters. The molecule has 0 aromatic carbocycles. The average molecular weight is 281 g/mol. The highest BCUT2D eigenvalue weighted by molar-refractivity contribution is 8.01. The Balaban J connectivity index is 5.40. The van der Waals surface area contributed by atoms with Gasteiger partial charge >= 0.3 is 0 Å². The average Bonchev–Trinajstić information content (AvgIpc) is 2.16. The second-order valence-electron chi connectivity index (χ2n) is 5.86. The lowest BCUT2D eigenvalue weighted by atomic mass is 9.75. The van der Waals surface area contributed by atoms with Crippen molar-refractivity contribution in [1.82, 2.24) is 0 Å². The molecule has 0 nitrogen and oxygen atoms in total. The fraction of sp³-hybridized carbons (Fsp3) is 1.00. The third-order valence-electron chi connectivity index (χ3n) is 3.66. The standard InChI is InChI=1S/C13H28S3/c1-11(2,14-7)10(12(3,4)15-8)13(5,6)16-9/h10H,1-9H3. The summed E-state index contributed by atoms with van der Waals surface area (Å²) in [4.78, 5) is 0. The van der Waals surface area contributed by atoms with Crippen LogP contribution in [-0.2, 0) is 0 Å². The van der Waals surface area contributed by atoms with E-state index in [0.717, 1.165) is 0 Å². The molecule has 3 heteroatoms. The predicted octanol–water partition coefficient (Wildman–Crippen LogP) is 5.03. The quantitative estimate of drug-likeness (QED) is 0.670. The molecule has 0 aromatic heterocycles. The van der Waals surface area contributed by atoms with Crippen molar-refractivity contribution in [1.29, 1.82) is 0 Å². The zero-order valence-corrected chi connectivity index (χ0v) is 14.8. The Labute approximate surface area is 115 Å². The van der Waals surface area contributed by atoms with E-state index in [0.29, 0.717) is 20.2 Å². The fourth-order valence-electron chi connectivity index (χ4n) is 2.86. The van der Waals surface area contributed by atoms with E-state index in [-0.39, 0.29) is 0 Å². The second-order valence-corrected chi connectivity index (χ2v) is 10.2. The van der Waals surface area contributed by atoms with E-state index >= 15 is 0 Å². The summed E-state index contributed by atoms with van der Waals surface area (Å²) in [6, 6.07) is 0. The van der Waals surface area contributed by atoms with Crippen LogP contribution >= 0.6 is 35.3 Å². The predicted molar refractivity (Wildman–Crippen MR) is 86.3 cm³/mol. The summed E-state index contributed by atoms with van der Waals surface area (Å²) in [6.45, 7) is 14.3. The molecule has 0 radical (unpaired) electrons. The van der Waals surface area contributed by atoms with Gasteiger partial charge in [-0.15, -0.1) is 0 Å². The summed E-state index contributed by atoms with van der Waals surface area (Å²) < 4.78 is 0.914. The van der Waals surface area contributed by atoms with Crippen LogP contribution in [-0.4, -0.2) is 33.0 Å². The van der Waals surface area contributed by atoms with Crippen molar-refractivity contribution in [3.8, 4) is 0 Å². The molecule has 98 valence electrons. The molecule has 0 saturated carbocycles. The van der Waals surface area contributed by atoms with Gasteiger partial charge in [0.25, 0.3) is 0 Å². The van der Waals surface area contributed by atoms with Crippen LogP contribution in [0.1, 0.15) is 41.5 Å². The largest absolute Gasteiger partial charge is 0.159 e. The van der Waals surface area contributed by atoms with E-state index in [2.05, 4.69) is 60.3 Å². The Bertz CT molecular complexity index is 181. The summed E-state index contributed by atoms with van der Waals surface area (Å²) in [6.07, 6.45) is 6.71. The van der Waals surface area contributed by atoms with E-state index < -0.39 is 0 Å². The maximum atomic E-state index is 2.39. The zero-order valence-electron chi connectivity index (χ0n) is 12.3. The Morgan fingerprint density at radius 2 is 0.750 bits per heavy atom. The van der Waals surface area contributed by atoms with Crippen LogP contribution < -0.4 is 0 Å². The van der Waals surface area contributed by atoms with E-state index in [4.69, 9.17) is 0 Å². The van der Waals surface area contributed by atoms with Crippen LogP contribution in [0.3, 0.4) is 0 Å². The highest BCUT2D eigenvalue weighted by Gasteiger charge is 2.48. The topological polar surface area (TPSA) is 0 Å². The smallest absolute Gasteiger partial charge is 0.0155 e. The lowest BCUT2D eigenvalue weighted by molar-refractivity contribution is 0.288. The number of rotatable bonds is 6. The molecule has 0 fully saturated rings. The first-order valence-electron chi connectivity index (χ1n) is 5.70. The van der Waals surface area contributed by atoms with Crippen LogP contribution in [0.2, 0.25) is 0 Å². The van der Waals surface area contributed by atoms with Gasteiger partial charge in [-0.3, -0.25) is 0 Å². The van der Waals surface area contributed by atoms with Gasteiger partial charge in [0.05, 0.1) is 0 Å². The lowest BCUT2D eigenvalue weighted by Gasteiger charge is -2.51. The monoisotopic (exact) mass is 280 g/mol. The van der Waals surface area contributed by atoms with Gasteiger partial charge in [-0.25, -0.2) is 0 Å². The summed E-state index contributed by atoms with van der Waals surface area (Å²) in [5.74, 6) is 0.660. The van der Waals surface area contributed by atoms with Gasteiger partial charge < -0.3 is 0 Å². The van der Waals surface area contributed by atoms with Gasteiger partial charge in [0.15, 0.2) is 0 Å². The van der Waals surface area contributed by atoms with Crippen molar-refractivity contribution in [2.45, 2.75) is 55.8 Å². The Hall–Kier alpha value is 1.05. The molecule has 0 bridgehead atoms. The second kappa shape index (κ2) is 5.79. The molecule has 0 saturated heterocycles. The maximum Gasteiger partial charge on any atom is 0.0155 e. The molecule has 16 heavy (non-hydrogen) atoms. The van der Waals surface area contributed by atoms with Crippen molar-refractivity contribution in [2.75, 3.05) is 18.8 Å². The van der Waals surface area contributed by atoms with Gasteiger partial charge in [0.2, 0.25) is 0 Å². The summed E-state index contributed by atoms with van der Waals surface area (Å²) in [5.41, 5.74) is 0. The van der Waals surface area contributed by atoms with Crippen molar-refractivity contribution in [3.63, 3.8) is 0 Å². The molecule has 0 aliphatic rings. The third kappa shape index (κ3) is 3.78. The van der Waals surface area contributed by atoms with E-state index in [9.17, 15) is 0 Å². The Kier molecular flexibility index (Phi) is 6.17. The number of hydrogen-bond donors (Lipinski definition) is 0. The van der Waals surface area contributed by atoms with Crippen LogP contribution in [0.4, 0.5) is 0 Å². The first-order chi connectivity index (χ1) is 7.05. The minimum atomic E-state index is 0.305. The van der Waals surface area contributed by atoms with E-state index in [1.54, 1.807) is 0 Å². The summed E-state index contributed by atoms with van der Waals surface area (Å²) in [7, 11) is 0. The summed E-state index contributed by atoms with van der Waals surface area (Å²) >= 11 is 5.98. The van der Waals surface area contributed by atoms with Crippen molar-refractivity contribution in [3.05, 3.63) is 0 Å². The molecule has 0 amide bonds. The van der Waals surface area contributed by atoms with E-state index in [1.807, 2.05) is 35.3 Å². The first kappa shape index (κ1) is 17.1. The Morgan fingerprint density at radius 1 is 0.562 bits per heavy atom. The number of hydrogen-bond acceptors (Lipinski definition) is 3.